The molecule has 0 fully saturated rings. The number of benzene rings is 1. The van der Waals surface area contributed by atoms with E-state index in [9.17, 15) is 29.8 Å². The number of rotatable bonds is 12. The summed E-state index contributed by atoms with van der Waals surface area (Å²) < 4.78 is 0. The van der Waals surface area contributed by atoms with Crippen LogP contribution in [0.5, 0.6) is 0 Å². The minimum Gasteiger partial charge on any atom is -0.480 e. The highest BCUT2D eigenvalue weighted by molar-refractivity contribution is 7.80. The largest absolute Gasteiger partial charge is 0.480 e. The lowest BCUT2D eigenvalue weighted by atomic mass is 10.1. The monoisotopic (exact) mass is 400 g/mol. The number of nitrogens with zero attached hydrogens (tertiary/aromatic N) is 2. The first-order valence-electron chi connectivity index (χ1n) is 8.06. The van der Waals surface area contributed by atoms with Crippen LogP contribution in [-0.2, 0) is 9.59 Å². The van der Waals surface area contributed by atoms with Gasteiger partial charge in [0, 0.05) is 19.0 Å². The number of thiol groups is 1. The van der Waals surface area contributed by atoms with Gasteiger partial charge < -0.3 is 15.7 Å². The first-order valence-corrected chi connectivity index (χ1v) is 8.69. The number of amides is 1. The molecule has 0 spiro atoms. The van der Waals surface area contributed by atoms with Crippen LogP contribution in [0.2, 0.25) is 0 Å². The highest BCUT2D eigenvalue weighted by Gasteiger charge is 2.20. The van der Waals surface area contributed by atoms with Crippen LogP contribution in [0.1, 0.15) is 25.7 Å². The second-order valence-electron chi connectivity index (χ2n) is 5.57. The van der Waals surface area contributed by atoms with Crippen molar-refractivity contribution in [3.63, 3.8) is 0 Å². The Morgan fingerprint density at radius 1 is 1.19 bits per heavy atom. The fourth-order valence-corrected chi connectivity index (χ4v) is 2.46. The number of anilines is 1. The Morgan fingerprint density at radius 2 is 1.89 bits per heavy atom. The van der Waals surface area contributed by atoms with Crippen LogP contribution in [0.15, 0.2) is 18.2 Å². The average molecular weight is 400 g/mol. The van der Waals surface area contributed by atoms with Crippen LogP contribution >= 0.6 is 12.6 Å². The number of hydrogen-bond donors (Lipinski definition) is 4. The predicted molar refractivity (Wildman–Crippen MR) is 100 cm³/mol. The number of aliphatic carboxylic acids is 1. The van der Waals surface area contributed by atoms with E-state index in [1.54, 1.807) is 0 Å². The normalized spacial score (nSPS) is 11.4. The maximum atomic E-state index is 11.5. The molecule has 27 heavy (non-hydrogen) atoms. The van der Waals surface area contributed by atoms with Gasteiger partial charge >= 0.3 is 5.97 Å². The summed E-state index contributed by atoms with van der Waals surface area (Å²) in [5.74, 6) is -1.21. The van der Waals surface area contributed by atoms with Crippen LogP contribution in [0.3, 0.4) is 0 Å². The van der Waals surface area contributed by atoms with E-state index in [1.165, 1.54) is 6.07 Å². The molecule has 0 aliphatic heterocycles. The predicted octanol–water partition coefficient (Wildman–Crippen LogP) is 1.97. The van der Waals surface area contributed by atoms with E-state index >= 15 is 0 Å². The van der Waals surface area contributed by atoms with Crippen molar-refractivity contribution >= 4 is 41.6 Å². The van der Waals surface area contributed by atoms with Crippen LogP contribution in [0.25, 0.3) is 0 Å². The van der Waals surface area contributed by atoms with Gasteiger partial charge in [-0.2, -0.15) is 12.6 Å². The molecular weight excluding hydrogens is 380 g/mol. The van der Waals surface area contributed by atoms with Crippen molar-refractivity contribution < 1.29 is 24.5 Å². The van der Waals surface area contributed by atoms with Gasteiger partial charge in [0.05, 0.1) is 15.9 Å². The Hall–Kier alpha value is -2.89. The topological polar surface area (TPSA) is 165 Å². The zero-order valence-corrected chi connectivity index (χ0v) is 15.2. The number of carbonyl (C=O) groups excluding carboxylic acids is 1. The van der Waals surface area contributed by atoms with Gasteiger partial charge in [0.25, 0.3) is 11.4 Å². The number of carboxylic acid groups (broad SMARTS) is 1. The average Bonchev–Trinajstić information content (AvgIpc) is 2.60. The summed E-state index contributed by atoms with van der Waals surface area (Å²) in [7, 11) is 0. The second kappa shape index (κ2) is 11.0. The van der Waals surface area contributed by atoms with E-state index in [-0.39, 0.29) is 24.2 Å². The summed E-state index contributed by atoms with van der Waals surface area (Å²) in [4.78, 5) is 42.9. The Kier molecular flexibility index (Phi) is 8.99. The lowest BCUT2D eigenvalue weighted by Crippen LogP contribution is -2.40. The minimum atomic E-state index is -1.14. The molecule has 1 rings (SSSR count). The summed E-state index contributed by atoms with van der Waals surface area (Å²) >= 11 is 3.91. The molecule has 0 radical (unpaired) electrons. The first-order chi connectivity index (χ1) is 12.8. The summed E-state index contributed by atoms with van der Waals surface area (Å²) in [6, 6.07) is 2.28. The molecule has 3 N–H and O–H groups in total. The van der Waals surface area contributed by atoms with Gasteiger partial charge in [-0.3, -0.25) is 25.0 Å². The second-order valence-corrected chi connectivity index (χ2v) is 6.02. The Balaban J connectivity index is 2.53. The molecule has 0 bridgehead atoms. The van der Waals surface area contributed by atoms with Crippen molar-refractivity contribution in [1.29, 1.82) is 0 Å². The van der Waals surface area contributed by atoms with Crippen molar-refractivity contribution in [2.75, 3.05) is 17.6 Å². The molecule has 0 saturated carbocycles. The number of nitro benzene ring substituents is 2. The fraction of sp³-hybridized carbons (Fsp3) is 0.467. The molecule has 0 saturated heterocycles. The number of nitrogens with one attached hydrogen (secondary N) is 2. The lowest BCUT2D eigenvalue weighted by molar-refractivity contribution is -0.393. The fourth-order valence-electron chi connectivity index (χ4n) is 2.26. The van der Waals surface area contributed by atoms with Crippen LogP contribution < -0.4 is 10.6 Å². The smallest absolute Gasteiger partial charge is 0.326 e. The highest BCUT2D eigenvalue weighted by Crippen LogP contribution is 2.28. The molecule has 0 aromatic heterocycles. The summed E-state index contributed by atoms with van der Waals surface area (Å²) in [5.41, 5.74) is -0.650. The van der Waals surface area contributed by atoms with E-state index in [4.69, 9.17) is 5.11 Å². The van der Waals surface area contributed by atoms with Gasteiger partial charge in [-0.1, -0.05) is 0 Å². The third-order valence-electron chi connectivity index (χ3n) is 3.60. The van der Waals surface area contributed by atoms with Gasteiger partial charge in [0.2, 0.25) is 5.91 Å². The SMILES string of the molecule is O=C(CCS)NC(CCCCNc1ccc([N+](=O)[O-])cc1[N+](=O)[O-])C(=O)O. The van der Waals surface area contributed by atoms with Crippen molar-refractivity contribution in [2.24, 2.45) is 0 Å². The lowest BCUT2D eigenvalue weighted by Gasteiger charge is -2.14. The summed E-state index contributed by atoms with van der Waals surface area (Å²) in [5, 5.41) is 36.1. The zero-order valence-electron chi connectivity index (χ0n) is 14.3. The number of non-ortho nitro benzene ring substituents is 1. The Labute approximate surface area is 159 Å². The molecule has 1 aromatic rings. The number of nitro groups is 2. The molecule has 0 aliphatic carbocycles. The van der Waals surface area contributed by atoms with Crippen LogP contribution in [0.4, 0.5) is 17.1 Å². The van der Waals surface area contributed by atoms with E-state index in [0.29, 0.717) is 25.1 Å². The van der Waals surface area contributed by atoms with Crippen molar-refractivity contribution in [3.05, 3.63) is 38.4 Å². The third-order valence-corrected chi connectivity index (χ3v) is 3.82. The molecule has 0 heterocycles. The summed E-state index contributed by atoms with van der Waals surface area (Å²) in [6.45, 7) is 0.301. The first kappa shape index (κ1) is 22.2. The maximum Gasteiger partial charge on any atom is 0.326 e. The van der Waals surface area contributed by atoms with Gasteiger partial charge in [0.15, 0.2) is 0 Å². The molecule has 1 unspecified atom stereocenters. The Morgan fingerprint density at radius 3 is 2.44 bits per heavy atom. The number of unbranched alkanes of at least 4 members (excludes halogenated alkanes) is 1. The quantitative estimate of drug-likeness (QED) is 0.179. The molecule has 11 nitrogen and oxygen atoms in total. The van der Waals surface area contributed by atoms with Crippen LogP contribution in [0, 0.1) is 20.2 Å². The zero-order chi connectivity index (χ0) is 20.4. The van der Waals surface area contributed by atoms with Crippen molar-refractivity contribution in [1.82, 2.24) is 5.32 Å². The number of carbonyl (C=O) groups is 2. The molecule has 1 amide bonds. The van der Waals surface area contributed by atoms with Gasteiger partial charge in [-0.25, -0.2) is 4.79 Å². The molecule has 148 valence electrons. The number of hydrogen-bond acceptors (Lipinski definition) is 8. The van der Waals surface area contributed by atoms with Gasteiger partial charge in [-0.15, -0.1) is 0 Å². The van der Waals surface area contributed by atoms with E-state index < -0.39 is 33.5 Å². The van der Waals surface area contributed by atoms with Gasteiger partial charge in [0.1, 0.15) is 11.7 Å². The van der Waals surface area contributed by atoms with Crippen molar-refractivity contribution in [3.8, 4) is 0 Å². The molecular formula is C15H20N4O7S. The van der Waals surface area contributed by atoms with Crippen LogP contribution in [-0.4, -0.2) is 45.2 Å². The van der Waals surface area contributed by atoms with E-state index in [1.807, 2.05) is 0 Å². The third kappa shape index (κ3) is 7.48. The molecule has 12 heteroatoms. The standard InChI is InChI=1S/C15H20N4O7S/c20-14(6-8-27)17-12(15(21)22)3-1-2-7-16-11-5-4-10(18(23)24)9-13(11)19(25)26/h4-5,9,12,16,27H,1-3,6-8H2,(H,17,20)(H,21,22). The number of carboxylic acids is 1. The minimum absolute atomic E-state index is 0.123. The Bertz CT molecular complexity index is 713. The maximum absolute atomic E-state index is 11.5. The highest BCUT2D eigenvalue weighted by atomic mass is 32.1. The van der Waals surface area contributed by atoms with E-state index in [2.05, 4.69) is 23.3 Å². The van der Waals surface area contributed by atoms with Gasteiger partial charge in [-0.05, 0) is 31.1 Å². The summed E-state index contributed by atoms with van der Waals surface area (Å²) in [6.07, 6.45) is 1.27. The molecule has 0 aliphatic rings. The molecule has 1 aromatic carbocycles. The van der Waals surface area contributed by atoms with Crippen molar-refractivity contribution in [2.45, 2.75) is 31.7 Å². The molecule has 1 atom stereocenters. The van der Waals surface area contributed by atoms with E-state index in [0.717, 1.165) is 12.1 Å².